The van der Waals surface area contributed by atoms with Crippen LogP contribution in [0.2, 0.25) is 0 Å². The minimum absolute atomic E-state index is 0.853. The zero-order valence-corrected chi connectivity index (χ0v) is 10.6. The summed E-state index contributed by atoms with van der Waals surface area (Å²) in [5, 5.41) is 1.50. The molecule has 2 atom stereocenters. The first-order chi connectivity index (χ1) is 7.93. The number of allylic oxidation sites excluding steroid dienone is 1. The fourth-order valence-corrected chi connectivity index (χ4v) is 3.75. The average molecular weight is 228 g/mol. The van der Waals surface area contributed by atoms with E-state index in [0.29, 0.717) is 0 Å². The maximum atomic E-state index is 2.39. The lowest BCUT2D eigenvalue weighted by molar-refractivity contribution is 1.01. The number of fused-ring (bicyclic) bond motifs is 5. The van der Waals surface area contributed by atoms with Crippen LogP contribution in [-0.2, 0) is 0 Å². The Kier molecular flexibility index (Phi) is 2.36. The van der Waals surface area contributed by atoms with E-state index in [0.717, 1.165) is 11.8 Å². The Labute approximate surface area is 101 Å². The molecule has 4 rings (SSSR count). The summed E-state index contributed by atoms with van der Waals surface area (Å²) in [7, 11) is 0. The highest BCUT2D eigenvalue weighted by atomic mass is 32.1. The van der Waals surface area contributed by atoms with E-state index in [1.165, 1.54) is 21.4 Å². The fraction of sp³-hybridized carbons (Fsp3) is 0.333. The molecule has 1 fully saturated rings. The lowest BCUT2D eigenvalue weighted by Gasteiger charge is -2.03. The minimum Gasteiger partial charge on any atom is -0.136 e. The molecule has 1 aromatic carbocycles. The van der Waals surface area contributed by atoms with Gasteiger partial charge < -0.3 is 0 Å². The van der Waals surface area contributed by atoms with Crippen molar-refractivity contribution in [2.45, 2.75) is 26.2 Å². The molecule has 2 aromatic rings. The maximum Gasteiger partial charge on any atom is 0.0352 e. The van der Waals surface area contributed by atoms with Gasteiger partial charge in [-0.15, -0.1) is 11.3 Å². The Morgan fingerprint density at radius 1 is 1.19 bits per heavy atom. The quantitative estimate of drug-likeness (QED) is 0.591. The van der Waals surface area contributed by atoms with Crippen LogP contribution in [0.25, 0.3) is 16.2 Å². The second-order valence-corrected chi connectivity index (χ2v) is 5.33. The highest BCUT2D eigenvalue weighted by Crippen LogP contribution is 2.56. The van der Waals surface area contributed by atoms with Crippen LogP contribution in [0, 0.1) is 5.92 Å². The number of hydrogen-bond acceptors (Lipinski definition) is 1. The van der Waals surface area contributed by atoms with Gasteiger partial charge in [0.05, 0.1) is 0 Å². The molecule has 0 N–H and O–H groups in total. The Morgan fingerprint density at radius 3 is 2.88 bits per heavy atom. The molecule has 1 heteroatoms. The summed E-state index contributed by atoms with van der Waals surface area (Å²) in [5.74, 6) is 1.71. The summed E-state index contributed by atoms with van der Waals surface area (Å²) >= 11 is 1.94. The topological polar surface area (TPSA) is 0 Å². The third-order valence-electron chi connectivity index (χ3n) is 3.37. The van der Waals surface area contributed by atoms with Crippen molar-refractivity contribution in [2.75, 3.05) is 0 Å². The first-order valence-corrected chi connectivity index (χ1v) is 6.95. The van der Waals surface area contributed by atoms with E-state index in [1.807, 2.05) is 25.2 Å². The number of thiophene rings is 1. The normalized spacial score (nSPS) is 24.4. The van der Waals surface area contributed by atoms with Gasteiger partial charge in [-0.2, -0.15) is 0 Å². The highest BCUT2D eigenvalue weighted by molar-refractivity contribution is 7.20. The van der Waals surface area contributed by atoms with Crippen molar-refractivity contribution in [3.05, 3.63) is 40.8 Å². The average Bonchev–Trinajstić information content (AvgIpc) is 3.04. The molecule has 2 aliphatic rings. The molecule has 1 heterocycles. The smallest absolute Gasteiger partial charge is 0.0352 e. The Bertz CT molecular complexity index is 548. The predicted molar refractivity (Wildman–Crippen MR) is 73.1 cm³/mol. The van der Waals surface area contributed by atoms with Gasteiger partial charge in [0.25, 0.3) is 0 Å². The first kappa shape index (κ1) is 10.1. The Morgan fingerprint density at radius 2 is 2.00 bits per heavy atom. The van der Waals surface area contributed by atoms with Crippen molar-refractivity contribution < 1.29 is 0 Å². The van der Waals surface area contributed by atoms with E-state index in [1.54, 1.807) is 5.56 Å². The van der Waals surface area contributed by atoms with E-state index in [2.05, 4.69) is 36.4 Å². The summed E-state index contributed by atoms with van der Waals surface area (Å²) in [6, 6.07) is 8.81. The third kappa shape index (κ3) is 1.35. The molecular weight excluding hydrogens is 212 g/mol. The van der Waals surface area contributed by atoms with Crippen LogP contribution in [0.4, 0.5) is 0 Å². The molecule has 0 spiro atoms. The molecule has 0 bridgehead atoms. The molecule has 82 valence electrons. The maximum absolute atomic E-state index is 2.39. The van der Waals surface area contributed by atoms with E-state index in [9.17, 15) is 0 Å². The molecule has 0 nitrogen and oxygen atoms in total. The van der Waals surface area contributed by atoms with Crippen LogP contribution < -0.4 is 0 Å². The van der Waals surface area contributed by atoms with Gasteiger partial charge in [-0.3, -0.25) is 0 Å². The number of hydrogen-bond donors (Lipinski definition) is 0. The van der Waals surface area contributed by atoms with Crippen molar-refractivity contribution in [3.63, 3.8) is 0 Å². The SMILES string of the molecule is C1=CC2CC2c2c1sc1ccccc21.CC. The molecule has 0 saturated heterocycles. The van der Waals surface area contributed by atoms with Gasteiger partial charge in [-0.05, 0) is 41.3 Å². The van der Waals surface area contributed by atoms with Gasteiger partial charge in [0.2, 0.25) is 0 Å². The molecule has 2 aliphatic carbocycles. The van der Waals surface area contributed by atoms with Gasteiger partial charge >= 0.3 is 0 Å². The van der Waals surface area contributed by atoms with E-state index < -0.39 is 0 Å². The van der Waals surface area contributed by atoms with Crippen LogP contribution in [0.5, 0.6) is 0 Å². The van der Waals surface area contributed by atoms with Crippen LogP contribution >= 0.6 is 11.3 Å². The second-order valence-electron chi connectivity index (χ2n) is 4.24. The van der Waals surface area contributed by atoms with Crippen molar-refractivity contribution in [1.29, 1.82) is 0 Å². The molecule has 16 heavy (non-hydrogen) atoms. The summed E-state index contributed by atoms with van der Waals surface area (Å²) < 4.78 is 1.45. The van der Waals surface area contributed by atoms with Gasteiger partial charge in [0, 0.05) is 9.58 Å². The monoisotopic (exact) mass is 228 g/mol. The van der Waals surface area contributed by atoms with E-state index in [-0.39, 0.29) is 0 Å². The lowest BCUT2D eigenvalue weighted by Crippen LogP contribution is -1.86. The van der Waals surface area contributed by atoms with Crippen LogP contribution in [0.3, 0.4) is 0 Å². The lowest BCUT2D eigenvalue weighted by atomic mass is 10.0. The molecule has 1 aromatic heterocycles. The first-order valence-electron chi connectivity index (χ1n) is 6.13. The zero-order valence-electron chi connectivity index (χ0n) is 9.73. The second kappa shape index (κ2) is 3.74. The number of rotatable bonds is 0. The third-order valence-corrected chi connectivity index (χ3v) is 4.52. The standard InChI is InChI=1S/C13H10S.C2H6/c1-2-4-11-9(3-1)13-10-7-8(10)5-6-12(13)14-11;1-2/h1-6,8,10H,7H2;1-2H3. The summed E-state index contributed by atoms with van der Waals surface area (Å²) in [6.45, 7) is 4.00. The van der Waals surface area contributed by atoms with E-state index >= 15 is 0 Å². The molecule has 0 aliphatic heterocycles. The number of benzene rings is 1. The van der Waals surface area contributed by atoms with Crippen LogP contribution in [-0.4, -0.2) is 0 Å². The van der Waals surface area contributed by atoms with E-state index in [4.69, 9.17) is 0 Å². The summed E-state index contributed by atoms with van der Waals surface area (Å²) in [5.41, 5.74) is 1.64. The summed E-state index contributed by atoms with van der Waals surface area (Å²) in [4.78, 5) is 1.50. The van der Waals surface area contributed by atoms with Gasteiger partial charge in [-0.1, -0.05) is 38.1 Å². The van der Waals surface area contributed by atoms with Crippen molar-refractivity contribution >= 4 is 27.5 Å². The predicted octanol–water partition coefficient (Wildman–Crippen LogP) is 5.06. The Balaban J connectivity index is 0.000000386. The summed E-state index contributed by atoms with van der Waals surface area (Å²) in [6.07, 6.45) is 6.10. The van der Waals surface area contributed by atoms with Crippen LogP contribution in [0.15, 0.2) is 30.3 Å². The Hall–Kier alpha value is -1.08. The van der Waals surface area contributed by atoms with Crippen molar-refractivity contribution in [3.8, 4) is 0 Å². The highest BCUT2D eigenvalue weighted by Gasteiger charge is 2.41. The molecule has 1 saturated carbocycles. The molecule has 2 unspecified atom stereocenters. The molecular formula is C15H16S. The van der Waals surface area contributed by atoms with Crippen LogP contribution in [0.1, 0.15) is 36.6 Å². The van der Waals surface area contributed by atoms with Crippen molar-refractivity contribution in [2.24, 2.45) is 5.92 Å². The van der Waals surface area contributed by atoms with Crippen molar-refractivity contribution in [1.82, 2.24) is 0 Å². The zero-order chi connectivity index (χ0) is 11.1. The fourth-order valence-electron chi connectivity index (χ4n) is 2.56. The minimum atomic E-state index is 0.853. The molecule has 0 amide bonds. The van der Waals surface area contributed by atoms with Gasteiger partial charge in [0.15, 0.2) is 0 Å². The van der Waals surface area contributed by atoms with Gasteiger partial charge in [0.1, 0.15) is 0 Å². The largest absolute Gasteiger partial charge is 0.136 e. The van der Waals surface area contributed by atoms with Gasteiger partial charge in [-0.25, -0.2) is 0 Å². The molecule has 0 radical (unpaired) electrons.